The number of nitrogens with one attached hydrogen (secondary N) is 4. The molecule has 3 aliphatic rings. The average molecular weight is 783 g/mol. The van der Waals surface area contributed by atoms with Crippen LogP contribution in [0.2, 0.25) is 0 Å². The summed E-state index contributed by atoms with van der Waals surface area (Å²) < 4.78 is 4.77. The summed E-state index contributed by atoms with van der Waals surface area (Å²) >= 11 is 0. The highest BCUT2D eigenvalue weighted by atomic mass is 16.5. The van der Waals surface area contributed by atoms with Gasteiger partial charge in [0.15, 0.2) is 0 Å². The van der Waals surface area contributed by atoms with Gasteiger partial charge in [0.1, 0.15) is 17.7 Å². The molecule has 1 aliphatic heterocycles. The Morgan fingerprint density at radius 3 is 2.07 bits per heavy atom. The maximum absolute atomic E-state index is 13.7. The molecule has 2 aromatic carbocycles. The maximum atomic E-state index is 13.7. The molecule has 58 heavy (non-hydrogen) atoms. The number of likely N-dealkylation sites (tertiary alicyclic amines) is 1. The van der Waals surface area contributed by atoms with Gasteiger partial charge in [-0.3, -0.25) is 14.6 Å². The fraction of sp³-hybridized carbons (Fsp3) is 0.435. The monoisotopic (exact) mass is 782 g/mol. The molecule has 3 aromatic heterocycles. The molecule has 302 valence electrons. The van der Waals surface area contributed by atoms with Crippen LogP contribution in [0.5, 0.6) is 0 Å². The molecule has 12 nitrogen and oxygen atoms in total. The van der Waals surface area contributed by atoms with Crippen LogP contribution in [-0.4, -0.2) is 67.4 Å². The summed E-state index contributed by atoms with van der Waals surface area (Å²) in [5.74, 6) is 2.78. The molecule has 6 atom stereocenters. The van der Waals surface area contributed by atoms with E-state index < -0.39 is 12.1 Å². The topological polar surface area (TPSA) is 158 Å². The number of carbonyl (C=O) groups is 3. The normalized spacial score (nSPS) is 21.8. The fourth-order valence-electron chi connectivity index (χ4n) is 9.47. The number of rotatable bonds is 12. The lowest BCUT2D eigenvalue weighted by atomic mass is 9.78. The molecule has 1 saturated heterocycles. The van der Waals surface area contributed by atoms with Crippen LogP contribution in [0.3, 0.4) is 0 Å². The molecule has 12 heteroatoms. The molecular weight excluding hydrogens is 729 g/mol. The molecule has 0 spiro atoms. The van der Waals surface area contributed by atoms with E-state index in [0.717, 1.165) is 83.0 Å². The molecule has 8 rings (SSSR count). The summed E-state index contributed by atoms with van der Waals surface area (Å²) in [6, 6.07) is 18.1. The number of hydrogen-bond donors (Lipinski definition) is 4. The van der Waals surface area contributed by atoms with Gasteiger partial charge in [-0.25, -0.2) is 14.8 Å². The molecule has 4 heterocycles. The first kappa shape index (κ1) is 39.1. The minimum Gasteiger partial charge on any atom is -0.453 e. The van der Waals surface area contributed by atoms with E-state index in [1.54, 1.807) is 0 Å². The highest BCUT2D eigenvalue weighted by Crippen LogP contribution is 2.56. The van der Waals surface area contributed by atoms with Crippen molar-refractivity contribution >= 4 is 17.9 Å². The predicted molar refractivity (Wildman–Crippen MR) is 222 cm³/mol. The Bertz CT molecular complexity index is 2240. The van der Waals surface area contributed by atoms with Crippen LogP contribution in [0.1, 0.15) is 100 Å². The zero-order valence-corrected chi connectivity index (χ0v) is 34.0. The van der Waals surface area contributed by atoms with Crippen molar-refractivity contribution in [1.82, 2.24) is 40.5 Å². The number of aromatic nitrogens is 5. The van der Waals surface area contributed by atoms with Crippen molar-refractivity contribution in [3.05, 3.63) is 102 Å². The third-order valence-electron chi connectivity index (χ3n) is 12.6. The van der Waals surface area contributed by atoms with Crippen LogP contribution in [0.4, 0.5) is 4.79 Å². The Labute approximate surface area is 340 Å². The zero-order chi connectivity index (χ0) is 40.5. The second-order valence-electron chi connectivity index (χ2n) is 17.0. The van der Waals surface area contributed by atoms with Crippen LogP contribution in [0.15, 0.2) is 79.4 Å². The van der Waals surface area contributed by atoms with E-state index in [4.69, 9.17) is 14.7 Å². The number of carbonyl (C=O) groups excluding carboxylic acids is 3. The SMILES string of the molecule is COC(=O)N[C@H](C(=O)N1CCC[C@H]1c1ncc(-c2ccc(-c3ccc(-c4cnc(C5C6CCC(C6)[C@@H]5C(=O)NCc5cncc(C(C)C)c5)[nH]4)cc3)cc2)[nH]1)C(C)C. The van der Waals surface area contributed by atoms with E-state index >= 15 is 0 Å². The van der Waals surface area contributed by atoms with E-state index in [9.17, 15) is 14.4 Å². The Morgan fingerprint density at radius 2 is 1.43 bits per heavy atom. The number of H-pyrrole nitrogens is 2. The van der Waals surface area contributed by atoms with Crippen LogP contribution < -0.4 is 10.6 Å². The van der Waals surface area contributed by atoms with E-state index in [1.165, 1.54) is 12.7 Å². The number of imidazole rings is 2. The van der Waals surface area contributed by atoms with Gasteiger partial charge in [-0.05, 0) is 89.2 Å². The van der Waals surface area contributed by atoms with Crippen molar-refractivity contribution in [2.75, 3.05) is 13.7 Å². The third-order valence-corrected chi connectivity index (χ3v) is 12.6. The van der Waals surface area contributed by atoms with Crippen LogP contribution in [0, 0.1) is 23.7 Å². The lowest BCUT2D eigenvalue weighted by Gasteiger charge is -2.30. The van der Waals surface area contributed by atoms with Crippen molar-refractivity contribution < 1.29 is 19.1 Å². The Kier molecular flexibility index (Phi) is 11.2. The largest absolute Gasteiger partial charge is 0.453 e. The number of nitrogens with zero attached hydrogens (tertiary/aromatic N) is 4. The highest BCUT2D eigenvalue weighted by molar-refractivity contribution is 5.86. The van der Waals surface area contributed by atoms with Gasteiger partial charge in [0, 0.05) is 31.4 Å². The number of methoxy groups -OCH3 is 1. The zero-order valence-electron chi connectivity index (χ0n) is 34.0. The van der Waals surface area contributed by atoms with E-state index in [0.29, 0.717) is 30.8 Å². The molecule has 3 fully saturated rings. The van der Waals surface area contributed by atoms with Crippen LogP contribution in [0.25, 0.3) is 33.6 Å². The number of amides is 3. The molecule has 4 N–H and O–H groups in total. The number of fused-ring (bicyclic) bond motifs is 2. The van der Waals surface area contributed by atoms with Gasteiger partial charge in [0.25, 0.3) is 0 Å². The molecule has 2 saturated carbocycles. The van der Waals surface area contributed by atoms with Crippen molar-refractivity contribution in [3.8, 4) is 33.6 Å². The standard InChI is InChI=1S/C46H54N8O4/c1-26(2)35-19-28(21-47-23-35)22-50-44(55)40-34-17-16-33(20-34)39(40)43-49-25-37(52-43)32-14-10-30(11-15-32)29-8-12-31(13-9-29)36-24-48-42(51-36)38-7-6-18-54(38)45(56)41(27(3)4)53-46(57)58-5/h8-15,19,21,23-27,33-34,38-41H,6-7,16-18,20,22H2,1-5H3,(H,48,51)(H,49,52)(H,50,55)(H,53,57)/t33?,34?,38-,39?,40-,41-/m0/s1. The molecule has 2 aliphatic carbocycles. The van der Waals surface area contributed by atoms with Gasteiger partial charge in [0.05, 0.1) is 42.9 Å². The van der Waals surface area contributed by atoms with Gasteiger partial charge in [-0.2, -0.15) is 0 Å². The van der Waals surface area contributed by atoms with Crippen molar-refractivity contribution in [1.29, 1.82) is 0 Å². The Morgan fingerprint density at radius 1 is 0.810 bits per heavy atom. The summed E-state index contributed by atoms with van der Waals surface area (Å²) in [6.45, 7) is 9.21. The molecular formula is C46H54N8O4. The number of aromatic amines is 2. The van der Waals surface area contributed by atoms with Gasteiger partial charge < -0.3 is 30.2 Å². The predicted octanol–water partition coefficient (Wildman–Crippen LogP) is 8.14. The summed E-state index contributed by atoms with van der Waals surface area (Å²) in [5.41, 5.74) is 8.27. The third kappa shape index (κ3) is 7.88. The van der Waals surface area contributed by atoms with E-state index in [-0.39, 0.29) is 35.6 Å². The molecule has 5 aromatic rings. The minimum absolute atomic E-state index is 0.0846. The second-order valence-corrected chi connectivity index (χ2v) is 17.0. The summed E-state index contributed by atoms with van der Waals surface area (Å²) in [5, 5.41) is 5.95. The maximum Gasteiger partial charge on any atom is 0.407 e. The number of ether oxygens (including phenoxy) is 1. The van der Waals surface area contributed by atoms with Gasteiger partial charge in [-0.15, -0.1) is 0 Å². The van der Waals surface area contributed by atoms with Crippen molar-refractivity contribution in [3.63, 3.8) is 0 Å². The Hall–Kier alpha value is -5.78. The van der Waals surface area contributed by atoms with Crippen molar-refractivity contribution in [2.45, 2.75) is 90.3 Å². The lowest BCUT2D eigenvalue weighted by Crippen LogP contribution is -2.51. The first-order valence-electron chi connectivity index (χ1n) is 20.8. The Balaban J connectivity index is 0.911. The minimum atomic E-state index is -0.678. The van der Waals surface area contributed by atoms with Gasteiger partial charge in [-0.1, -0.05) is 82.3 Å². The number of hydrogen-bond acceptors (Lipinski definition) is 7. The second kappa shape index (κ2) is 16.6. The quantitative estimate of drug-likeness (QED) is 0.0995. The van der Waals surface area contributed by atoms with Gasteiger partial charge >= 0.3 is 6.09 Å². The summed E-state index contributed by atoms with van der Waals surface area (Å²) in [7, 11) is 1.30. The molecule has 3 unspecified atom stereocenters. The summed E-state index contributed by atoms with van der Waals surface area (Å²) in [4.78, 5) is 62.1. The van der Waals surface area contributed by atoms with Gasteiger partial charge in [0.2, 0.25) is 11.8 Å². The van der Waals surface area contributed by atoms with E-state index in [2.05, 4.69) is 94.0 Å². The summed E-state index contributed by atoms with van der Waals surface area (Å²) in [6.07, 6.45) is 11.8. The lowest BCUT2D eigenvalue weighted by molar-refractivity contribution is -0.135. The van der Waals surface area contributed by atoms with Crippen LogP contribution in [-0.2, 0) is 20.9 Å². The molecule has 2 bridgehead atoms. The van der Waals surface area contributed by atoms with E-state index in [1.807, 2.05) is 43.5 Å². The van der Waals surface area contributed by atoms with Crippen LogP contribution >= 0.6 is 0 Å². The number of benzene rings is 2. The first-order valence-corrected chi connectivity index (χ1v) is 20.8. The van der Waals surface area contributed by atoms with Crippen molar-refractivity contribution in [2.24, 2.45) is 23.7 Å². The fourth-order valence-corrected chi connectivity index (χ4v) is 9.47. The highest BCUT2D eigenvalue weighted by Gasteiger charge is 2.52. The smallest absolute Gasteiger partial charge is 0.407 e. The first-order chi connectivity index (χ1) is 28.1. The molecule has 3 amide bonds. The average Bonchev–Trinajstić information content (AvgIpc) is 4.10. The molecule has 0 radical (unpaired) electrons. The number of alkyl carbamates (subject to hydrolysis) is 1. The number of pyridine rings is 1.